The summed E-state index contributed by atoms with van der Waals surface area (Å²) in [5.74, 6) is 2.00. The molecule has 37 heavy (non-hydrogen) atoms. The van der Waals surface area contributed by atoms with Crippen LogP contribution >= 0.6 is 11.6 Å². The van der Waals surface area contributed by atoms with Crippen molar-refractivity contribution in [1.82, 2.24) is 15.3 Å². The number of amides is 1. The predicted molar refractivity (Wildman–Crippen MR) is 147 cm³/mol. The van der Waals surface area contributed by atoms with E-state index >= 15 is 0 Å². The van der Waals surface area contributed by atoms with Gasteiger partial charge in [-0.1, -0.05) is 66.2 Å². The molecule has 6 nitrogen and oxygen atoms in total. The molecule has 5 rings (SSSR count). The lowest BCUT2D eigenvalue weighted by Crippen LogP contribution is -2.32. The number of aromatic nitrogens is 2. The number of carbonyl (C=O) groups is 1. The second kappa shape index (κ2) is 11.3. The zero-order valence-corrected chi connectivity index (χ0v) is 21.2. The van der Waals surface area contributed by atoms with Gasteiger partial charge in [-0.05, 0) is 48.9 Å². The van der Waals surface area contributed by atoms with Gasteiger partial charge >= 0.3 is 0 Å². The topological polar surface area (TPSA) is 71.3 Å². The molecule has 7 heteroatoms. The fraction of sp³-hybridized carbons (Fsp3) is 0.167. The number of fused-ring (bicyclic) bond motifs is 1. The fourth-order valence-corrected chi connectivity index (χ4v) is 4.51. The summed E-state index contributed by atoms with van der Waals surface area (Å²) in [6.45, 7) is 2.89. The van der Waals surface area contributed by atoms with Gasteiger partial charge < -0.3 is 14.6 Å². The molecule has 0 bridgehead atoms. The summed E-state index contributed by atoms with van der Waals surface area (Å²) in [7, 11) is 0. The van der Waals surface area contributed by atoms with Gasteiger partial charge in [0.1, 0.15) is 11.6 Å². The Morgan fingerprint density at radius 3 is 2.49 bits per heavy atom. The van der Waals surface area contributed by atoms with Crippen molar-refractivity contribution >= 4 is 34.2 Å². The van der Waals surface area contributed by atoms with Crippen LogP contribution in [0.5, 0.6) is 0 Å². The molecule has 2 aromatic heterocycles. The lowest BCUT2D eigenvalue weighted by atomic mass is 10.1. The minimum absolute atomic E-state index is 0.0366. The number of furan rings is 1. The van der Waals surface area contributed by atoms with Crippen molar-refractivity contribution in [3.63, 3.8) is 0 Å². The molecule has 0 radical (unpaired) electrons. The first-order chi connectivity index (χ1) is 18.1. The van der Waals surface area contributed by atoms with Gasteiger partial charge in [-0.3, -0.25) is 4.79 Å². The molecule has 0 spiro atoms. The van der Waals surface area contributed by atoms with Crippen LogP contribution in [0.15, 0.2) is 102 Å². The maximum atomic E-state index is 13.0. The lowest BCUT2D eigenvalue weighted by Gasteiger charge is -2.25. The zero-order chi connectivity index (χ0) is 25.6. The highest BCUT2D eigenvalue weighted by atomic mass is 35.5. The first-order valence-electron chi connectivity index (χ1n) is 12.2. The Kier molecular flexibility index (Phi) is 7.47. The second-order valence-electron chi connectivity index (χ2n) is 8.82. The highest BCUT2D eigenvalue weighted by Crippen LogP contribution is 2.31. The number of nitrogens with zero attached hydrogens (tertiary/aromatic N) is 3. The van der Waals surface area contributed by atoms with E-state index in [1.165, 1.54) is 0 Å². The number of hydrogen-bond donors (Lipinski definition) is 1. The van der Waals surface area contributed by atoms with E-state index in [9.17, 15) is 4.79 Å². The van der Waals surface area contributed by atoms with Crippen molar-refractivity contribution in [3.8, 4) is 11.4 Å². The summed E-state index contributed by atoms with van der Waals surface area (Å²) in [6, 6.07) is 29.0. The van der Waals surface area contributed by atoms with Gasteiger partial charge in [-0.25, -0.2) is 9.97 Å². The predicted octanol–water partition coefficient (Wildman–Crippen LogP) is 6.82. The van der Waals surface area contributed by atoms with Crippen LogP contribution in [0.2, 0.25) is 5.02 Å². The Labute approximate surface area is 220 Å². The van der Waals surface area contributed by atoms with Crippen LogP contribution in [-0.4, -0.2) is 22.4 Å². The van der Waals surface area contributed by atoms with Crippen molar-refractivity contribution in [2.45, 2.75) is 25.9 Å². The standard InChI is InChI=1S/C30H27ClN4O2/c1-21(22-10-3-2-4-11-22)32-28(36)17-18-35(20-23-12-9-19-37-23)30-25-14-6-8-16-27(25)33-29(34-30)24-13-5-7-15-26(24)31/h2-16,19,21H,17-18,20H2,1H3,(H,32,36)/t21-/m1/s1. The third-order valence-corrected chi connectivity index (χ3v) is 6.54. The van der Waals surface area contributed by atoms with Crippen molar-refractivity contribution in [2.75, 3.05) is 11.4 Å². The van der Waals surface area contributed by atoms with E-state index in [-0.39, 0.29) is 18.4 Å². The van der Waals surface area contributed by atoms with Crippen LogP contribution in [0.4, 0.5) is 5.82 Å². The van der Waals surface area contributed by atoms with Gasteiger partial charge in [0.2, 0.25) is 5.91 Å². The summed E-state index contributed by atoms with van der Waals surface area (Å²) >= 11 is 6.50. The molecule has 1 amide bonds. The van der Waals surface area contributed by atoms with Crippen molar-refractivity contribution in [3.05, 3.63) is 114 Å². The number of carbonyl (C=O) groups excluding carboxylic acids is 1. The SMILES string of the molecule is C[C@@H](NC(=O)CCN(Cc1ccco1)c1nc(-c2ccccc2Cl)nc2ccccc12)c1ccccc1. The van der Waals surface area contributed by atoms with E-state index in [2.05, 4.69) is 10.2 Å². The maximum Gasteiger partial charge on any atom is 0.222 e. The third kappa shape index (κ3) is 5.81. The van der Waals surface area contributed by atoms with Crippen molar-refractivity contribution < 1.29 is 9.21 Å². The molecule has 2 heterocycles. The Balaban J connectivity index is 1.46. The highest BCUT2D eigenvalue weighted by Gasteiger charge is 2.19. The van der Waals surface area contributed by atoms with E-state index < -0.39 is 0 Å². The summed E-state index contributed by atoms with van der Waals surface area (Å²) in [6.07, 6.45) is 1.94. The molecule has 1 N–H and O–H groups in total. The Morgan fingerprint density at radius 1 is 0.946 bits per heavy atom. The number of hydrogen-bond acceptors (Lipinski definition) is 5. The normalized spacial score (nSPS) is 11.8. The van der Waals surface area contributed by atoms with Gasteiger partial charge in [-0.2, -0.15) is 0 Å². The Morgan fingerprint density at radius 2 is 1.70 bits per heavy atom. The van der Waals surface area contributed by atoms with Crippen LogP contribution in [0, 0.1) is 0 Å². The molecular formula is C30H27ClN4O2. The summed E-state index contributed by atoms with van der Waals surface area (Å²) in [5, 5.41) is 4.58. The summed E-state index contributed by atoms with van der Waals surface area (Å²) in [4.78, 5) is 24.8. The summed E-state index contributed by atoms with van der Waals surface area (Å²) in [5.41, 5.74) is 2.62. The molecule has 5 aromatic rings. The molecule has 0 fully saturated rings. The average Bonchev–Trinajstić information content (AvgIpc) is 3.44. The van der Waals surface area contributed by atoms with Gasteiger partial charge in [-0.15, -0.1) is 0 Å². The number of rotatable bonds is 9. The lowest BCUT2D eigenvalue weighted by molar-refractivity contribution is -0.121. The van der Waals surface area contributed by atoms with E-state index in [0.717, 1.165) is 33.6 Å². The molecule has 0 saturated carbocycles. The van der Waals surface area contributed by atoms with E-state index in [1.807, 2.05) is 97.9 Å². The van der Waals surface area contributed by atoms with Gasteiger partial charge in [0, 0.05) is 23.9 Å². The third-order valence-electron chi connectivity index (χ3n) is 6.21. The smallest absolute Gasteiger partial charge is 0.222 e. The van der Waals surface area contributed by atoms with E-state index in [4.69, 9.17) is 26.0 Å². The minimum atomic E-state index is -0.0843. The molecule has 0 aliphatic carbocycles. The minimum Gasteiger partial charge on any atom is -0.467 e. The molecule has 186 valence electrons. The molecule has 0 saturated heterocycles. The molecule has 0 aliphatic heterocycles. The highest BCUT2D eigenvalue weighted by molar-refractivity contribution is 6.33. The number of anilines is 1. The molecule has 1 atom stereocenters. The largest absolute Gasteiger partial charge is 0.467 e. The first-order valence-corrected chi connectivity index (χ1v) is 12.6. The van der Waals surface area contributed by atoms with Crippen LogP contribution in [-0.2, 0) is 11.3 Å². The van der Waals surface area contributed by atoms with Crippen LogP contribution < -0.4 is 10.2 Å². The van der Waals surface area contributed by atoms with Crippen molar-refractivity contribution in [2.24, 2.45) is 0 Å². The Hall–Kier alpha value is -4.16. The van der Waals surface area contributed by atoms with Gasteiger partial charge in [0.25, 0.3) is 0 Å². The van der Waals surface area contributed by atoms with E-state index in [0.29, 0.717) is 23.9 Å². The number of benzene rings is 3. The number of nitrogens with one attached hydrogen (secondary N) is 1. The number of para-hydroxylation sites is 1. The number of halogens is 1. The van der Waals surface area contributed by atoms with Gasteiger partial charge in [0.15, 0.2) is 5.82 Å². The quantitative estimate of drug-likeness (QED) is 0.235. The molecule has 0 aliphatic rings. The molecule has 3 aromatic carbocycles. The molecular weight excluding hydrogens is 484 g/mol. The average molecular weight is 511 g/mol. The Bertz CT molecular complexity index is 1490. The van der Waals surface area contributed by atoms with E-state index in [1.54, 1.807) is 6.26 Å². The maximum absolute atomic E-state index is 13.0. The van der Waals surface area contributed by atoms with Crippen LogP contribution in [0.25, 0.3) is 22.3 Å². The fourth-order valence-electron chi connectivity index (χ4n) is 4.29. The van der Waals surface area contributed by atoms with Crippen molar-refractivity contribution in [1.29, 1.82) is 0 Å². The van der Waals surface area contributed by atoms with Gasteiger partial charge in [0.05, 0.1) is 29.4 Å². The summed E-state index contributed by atoms with van der Waals surface area (Å²) < 4.78 is 5.65. The van der Waals surface area contributed by atoms with Crippen LogP contribution in [0.3, 0.4) is 0 Å². The molecule has 0 unspecified atom stereocenters. The second-order valence-corrected chi connectivity index (χ2v) is 9.23. The zero-order valence-electron chi connectivity index (χ0n) is 20.5. The first kappa shape index (κ1) is 24.5. The van der Waals surface area contributed by atoms with Crippen LogP contribution in [0.1, 0.15) is 30.7 Å². The monoisotopic (exact) mass is 510 g/mol.